The van der Waals surface area contributed by atoms with Crippen LogP contribution in [0.1, 0.15) is 21.5 Å². The Balaban J connectivity index is 1.87. The van der Waals surface area contributed by atoms with E-state index in [1.165, 1.54) is 0 Å². The summed E-state index contributed by atoms with van der Waals surface area (Å²) in [4.78, 5) is 16.8. The fourth-order valence-corrected chi connectivity index (χ4v) is 3.12. The van der Waals surface area contributed by atoms with E-state index in [-0.39, 0.29) is 0 Å². The summed E-state index contributed by atoms with van der Waals surface area (Å²) in [5.74, 6) is -0.0332. The van der Waals surface area contributed by atoms with Crippen LogP contribution in [0.5, 0.6) is 5.75 Å². The summed E-state index contributed by atoms with van der Waals surface area (Å²) >= 11 is 15.5. The number of carbonyl (C=O) groups is 1. The smallest absolute Gasteiger partial charge is 0.343 e. The standard InChI is InChI=1S/C21H14BrCl2NO2/c1-13-2-4-14(5-3-13)21(26)27-20-9-6-16(22)10-15(20)12-25-19-8-7-17(23)11-18(19)24/h2-12H,1H3/b25-12+. The third-order valence-electron chi connectivity index (χ3n) is 3.71. The zero-order valence-electron chi connectivity index (χ0n) is 14.2. The monoisotopic (exact) mass is 461 g/mol. The molecule has 0 fully saturated rings. The molecule has 3 nitrogen and oxygen atoms in total. The van der Waals surface area contributed by atoms with E-state index < -0.39 is 5.97 Å². The average molecular weight is 463 g/mol. The van der Waals surface area contributed by atoms with Crippen molar-refractivity contribution in [3.63, 3.8) is 0 Å². The molecule has 6 heteroatoms. The van der Waals surface area contributed by atoms with Gasteiger partial charge < -0.3 is 4.74 Å². The van der Waals surface area contributed by atoms with Crippen LogP contribution in [-0.2, 0) is 0 Å². The van der Waals surface area contributed by atoms with E-state index in [0.29, 0.717) is 32.6 Å². The van der Waals surface area contributed by atoms with Crippen molar-refractivity contribution in [3.8, 4) is 5.75 Å². The molecule has 3 aromatic rings. The van der Waals surface area contributed by atoms with Crippen LogP contribution < -0.4 is 4.74 Å². The number of esters is 1. The molecule has 0 heterocycles. The van der Waals surface area contributed by atoms with E-state index in [9.17, 15) is 4.79 Å². The van der Waals surface area contributed by atoms with Crippen LogP contribution in [0.4, 0.5) is 5.69 Å². The number of hydrogen-bond donors (Lipinski definition) is 0. The molecule has 0 aliphatic rings. The van der Waals surface area contributed by atoms with Crippen LogP contribution in [-0.4, -0.2) is 12.2 Å². The molecule has 0 bridgehead atoms. The molecule has 0 saturated heterocycles. The largest absolute Gasteiger partial charge is 0.422 e. The van der Waals surface area contributed by atoms with E-state index in [4.69, 9.17) is 27.9 Å². The lowest BCUT2D eigenvalue weighted by Crippen LogP contribution is -2.09. The maximum absolute atomic E-state index is 12.4. The zero-order valence-corrected chi connectivity index (χ0v) is 17.3. The average Bonchev–Trinajstić information content (AvgIpc) is 2.63. The van der Waals surface area contributed by atoms with Crippen molar-refractivity contribution in [1.82, 2.24) is 0 Å². The van der Waals surface area contributed by atoms with E-state index in [1.807, 2.05) is 25.1 Å². The molecule has 0 radical (unpaired) electrons. The minimum Gasteiger partial charge on any atom is -0.422 e. The quantitative estimate of drug-likeness (QED) is 0.237. The fourth-order valence-electron chi connectivity index (χ4n) is 2.29. The van der Waals surface area contributed by atoms with Crippen LogP contribution in [0.2, 0.25) is 10.0 Å². The number of rotatable bonds is 4. The number of aryl methyl sites for hydroxylation is 1. The van der Waals surface area contributed by atoms with Gasteiger partial charge in [0.2, 0.25) is 0 Å². The van der Waals surface area contributed by atoms with Crippen molar-refractivity contribution in [2.75, 3.05) is 0 Å². The highest BCUT2D eigenvalue weighted by molar-refractivity contribution is 9.10. The molecule has 0 aliphatic carbocycles. The van der Waals surface area contributed by atoms with Crippen molar-refractivity contribution in [2.24, 2.45) is 4.99 Å². The molecule has 0 N–H and O–H groups in total. The Hall–Kier alpha value is -2.14. The van der Waals surface area contributed by atoms with Crippen molar-refractivity contribution in [1.29, 1.82) is 0 Å². The van der Waals surface area contributed by atoms with Gasteiger partial charge in [-0.3, -0.25) is 4.99 Å². The minimum atomic E-state index is -0.434. The molecular weight excluding hydrogens is 449 g/mol. The highest BCUT2D eigenvalue weighted by Gasteiger charge is 2.11. The first-order valence-electron chi connectivity index (χ1n) is 8.00. The molecular formula is C21H14BrCl2NO2. The predicted molar refractivity (Wildman–Crippen MR) is 114 cm³/mol. The normalized spacial score (nSPS) is 11.0. The lowest BCUT2D eigenvalue weighted by atomic mass is 10.1. The predicted octanol–water partition coefficient (Wildman–Crippen LogP) is 7.03. The zero-order chi connectivity index (χ0) is 19.4. The molecule has 0 saturated carbocycles. The Kier molecular flexibility index (Phi) is 6.32. The second kappa shape index (κ2) is 8.70. The SMILES string of the molecule is Cc1ccc(C(=O)Oc2ccc(Br)cc2/C=N/c2ccc(Cl)cc2Cl)cc1. The number of carbonyl (C=O) groups excluding carboxylic acids is 1. The number of nitrogens with zero attached hydrogens (tertiary/aromatic N) is 1. The maximum Gasteiger partial charge on any atom is 0.343 e. The van der Waals surface area contributed by atoms with Crippen LogP contribution in [0.25, 0.3) is 0 Å². The number of hydrogen-bond acceptors (Lipinski definition) is 3. The lowest BCUT2D eigenvalue weighted by molar-refractivity contribution is 0.0734. The van der Waals surface area contributed by atoms with Crippen molar-refractivity contribution >= 4 is 57.0 Å². The van der Waals surface area contributed by atoms with Gasteiger partial charge in [0.25, 0.3) is 0 Å². The van der Waals surface area contributed by atoms with Crippen LogP contribution in [0, 0.1) is 6.92 Å². The molecule has 27 heavy (non-hydrogen) atoms. The Morgan fingerprint density at radius 2 is 1.78 bits per heavy atom. The van der Waals surface area contributed by atoms with Crippen molar-refractivity contribution < 1.29 is 9.53 Å². The van der Waals surface area contributed by atoms with E-state index in [2.05, 4.69) is 20.9 Å². The Morgan fingerprint density at radius 1 is 1.04 bits per heavy atom. The van der Waals surface area contributed by atoms with Gasteiger partial charge in [-0.05, 0) is 55.5 Å². The lowest BCUT2D eigenvalue weighted by Gasteiger charge is -2.08. The molecule has 0 atom stereocenters. The molecule has 0 unspecified atom stereocenters. The molecule has 3 aromatic carbocycles. The molecule has 0 aromatic heterocycles. The van der Waals surface area contributed by atoms with Gasteiger partial charge in [0.1, 0.15) is 5.75 Å². The first-order valence-corrected chi connectivity index (χ1v) is 9.55. The second-order valence-electron chi connectivity index (χ2n) is 5.79. The van der Waals surface area contributed by atoms with Crippen LogP contribution in [0.3, 0.4) is 0 Å². The summed E-state index contributed by atoms with van der Waals surface area (Å²) in [5.41, 5.74) is 2.75. The van der Waals surface area contributed by atoms with Gasteiger partial charge in [0.05, 0.1) is 16.3 Å². The van der Waals surface area contributed by atoms with Gasteiger partial charge in [-0.25, -0.2) is 4.79 Å². The summed E-state index contributed by atoms with van der Waals surface area (Å²) in [6.45, 7) is 1.96. The van der Waals surface area contributed by atoms with Crippen molar-refractivity contribution in [3.05, 3.63) is 91.9 Å². The van der Waals surface area contributed by atoms with Gasteiger partial charge in [-0.15, -0.1) is 0 Å². The number of halogens is 3. The summed E-state index contributed by atoms with van der Waals surface area (Å²) in [5, 5.41) is 0.973. The van der Waals surface area contributed by atoms with Crippen LogP contribution >= 0.6 is 39.1 Å². The first-order chi connectivity index (χ1) is 12.9. The van der Waals surface area contributed by atoms with Gasteiger partial charge in [-0.1, -0.05) is 56.8 Å². The molecule has 136 valence electrons. The molecule has 3 rings (SSSR count). The number of benzene rings is 3. The summed E-state index contributed by atoms with van der Waals surface area (Å²) < 4.78 is 6.39. The Labute approximate surface area is 175 Å². The molecule has 0 spiro atoms. The number of aliphatic imine (C=N–C) groups is 1. The van der Waals surface area contributed by atoms with Gasteiger partial charge in [0, 0.05) is 21.3 Å². The van der Waals surface area contributed by atoms with Crippen molar-refractivity contribution in [2.45, 2.75) is 6.92 Å². The first kappa shape index (κ1) is 19.6. The van der Waals surface area contributed by atoms with Gasteiger partial charge >= 0.3 is 5.97 Å². The topological polar surface area (TPSA) is 38.7 Å². The summed E-state index contributed by atoms with van der Waals surface area (Å²) in [7, 11) is 0. The van der Waals surface area contributed by atoms with E-state index >= 15 is 0 Å². The van der Waals surface area contributed by atoms with E-state index in [0.717, 1.165) is 10.0 Å². The maximum atomic E-state index is 12.4. The molecule has 0 amide bonds. The van der Waals surface area contributed by atoms with E-state index in [1.54, 1.807) is 48.7 Å². The highest BCUT2D eigenvalue weighted by atomic mass is 79.9. The third-order valence-corrected chi connectivity index (χ3v) is 4.75. The third kappa shape index (κ3) is 5.19. The Bertz CT molecular complexity index is 1020. The van der Waals surface area contributed by atoms with Gasteiger partial charge in [0.15, 0.2) is 0 Å². The highest BCUT2D eigenvalue weighted by Crippen LogP contribution is 2.29. The second-order valence-corrected chi connectivity index (χ2v) is 7.55. The van der Waals surface area contributed by atoms with Crippen LogP contribution in [0.15, 0.2) is 70.1 Å². The fraction of sp³-hybridized carbons (Fsp3) is 0.0476. The molecule has 0 aliphatic heterocycles. The summed E-state index contributed by atoms with van der Waals surface area (Å²) in [6.07, 6.45) is 1.59. The number of ether oxygens (including phenoxy) is 1. The Morgan fingerprint density at radius 3 is 2.48 bits per heavy atom. The minimum absolute atomic E-state index is 0.401. The van der Waals surface area contributed by atoms with Gasteiger partial charge in [-0.2, -0.15) is 0 Å². The summed E-state index contributed by atoms with van der Waals surface area (Å²) in [6, 6.07) is 17.6.